The van der Waals surface area contributed by atoms with Crippen molar-refractivity contribution in [3.8, 4) is 90.7 Å². The van der Waals surface area contributed by atoms with Crippen LogP contribution in [-0.4, -0.2) is 34.9 Å². The molecule has 1 spiro atoms. The topological polar surface area (TPSA) is 90.2 Å². The summed E-state index contributed by atoms with van der Waals surface area (Å²) in [5, 5.41) is 0. The van der Waals surface area contributed by atoms with Crippen molar-refractivity contribution in [2.24, 2.45) is 23.7 Å². The van der Waals surface area contributed by atoms with Gasteiger partial charge >= 0.3 is 0 Å². The Morgan fingerprint density at radius 2 is 0.750 bits per heavy atom. The zero-order chi connectivity index (χ0) is 42.2. The SMILES string of the molecule is c1ccc(-c2nc(-c3ccccc3)nc(-c3ccnc(-c4ccc5c(c4)C4(c6ccc(-c7nc(-c8ccccc8)nc(-c8ccccc8)n7)cc6-5)C5CC6CC(C5)CC4C6)c3)n2)cc1. The minimum Gasteiger partial charge on any atom is -0.256 e. The van der Waals surface area contributed by atoms with Crippen LogP contribution in [0.1, 0.15) is 43.2 Å². The van der Waals surface area contributed by atoms with Gasteiger partial charge in [0.1, 0.15) is 0 Å². The molecule has 0 atom stereocenters. The smallest absolute Gasteiger partial charge is 0.164 e. The molecule has 64 heavy (non-hydrogen) atoms. The summed E-state index contributed by atoms with van der Waals surface area (Å²) in [6, 6.07) is 59.1. The molecular formula is C57H43N7. The number of benzene rings is 6. The summed E-state index contributed by atoms with van der Waals surface area (Å²) in [4.78, 5) is 35.3. The molecule has 0 amide bonds. The number of aromatic nitrogens is 7. The van der Waals surface area contributed by atoms with Gasteiger partial charge in [-0.2, -0.15) is 0 Å². The predicted octanol–water partition coefficient (Wildman–Crippen LogP) is 12.8. The van der Waals surface area contributed by atoms with E-state index in [-0.39, 0.29) is 5.41 Å². The zero-order valence-electron chi connectivity index (χ0n) is 35.2. The van der Waals surface area contributed by atoms with E-state index in [0.717, 1.165) is 56.5 Å². The Morgan fingerprint density at radius 3 is 1.22 bits per heavy atom. The van der Waals surface area contributed by atoms with Crippen molar-refractivity contribution < 1.29 is 0 Å². The first-order valence-corrected chi connectivity index (χ1v) is 22.6. The predicted molar refractivity (Wildman–Crippen MR) is 252 cm³/mol. The van der Waals surface area contributed by atoms with Gasteiger partial charge in [0.2, 0.25) is 0 Å². The van der Waals surface area contributed by atoms with Crippen molar-refractivity contribution >= 4 is 0 Å². The van der Waals surface area contributed by atoms with Crippen molar-refractivity contribution in [2.75, 3.05) is 0 Å². The van der Waals surface area contributed by atoms with E-state index < -0.39 is 0 Å². The maximum absolute atomic E-state index is 5.15. The lowest BCUT2D eigenvalue weighted by Crippen LogP contribution is -2.55. The Morgan fingerprint density at radius 1 is 0.328 bits per heavy atom. The molecule has 3 aromatic heterocycles. The second-order valence-corrected chi connectivity index (χ2v) is 18.2. The third-order valence-electron chi connectivity index (χ3n) is 14.6. The van der Waals surface area contributed by atoms with Crippen LogP contribution in [0.25, 0.3) is 90.7 Å². The van der Waals surface area contributed by atoms with Gasteiger partial charge in [-0.15, -0.1) is 0 Å². The van der Waals surface area contributed by atoms with E-state index in [2.05, 4.69) is 66.7 Å². The van der Waals surface area contributed by atoms with Crippen LogP contribution < -0.4 is 0 Å². The van der Waals surface area contributed by atoms with Crippen molar-refractivity contribution in [2.45, 2.75) is 37.5 Å². The fraction of sp³-hybridized carbons (Fsp3) is 0.175. The molecule has 0 N–H and O–H groups in total. The third-order valence-corrected chi connectivity index (χ3v) is 14.6. The van der Waals surface area contributed by atoms with Crippen molar-refractivity contribution in [3.05, 3.63) is 187 Å². The molecule has 5 aliphatic rings. The van der Waals surface area contributed by atoms with E-state index in [1.807, 2.05) is 109 Å². The Balaban J connectivity index is 0.946. The van der Waals surface area contributed by atoms with Crippen LogP contribution in [0.2, 0.25) is 0 Å². The van der Waals surface area contributed by atoms with Gasteiger partial charge in [-0.25, -0.2) is 29.9 Å². The van der Waals surface area contributed by atoms with E-state index in [0.29, 0.717) is 46.8 Å². The Hall–Kier alpha value is -7.51. The first-order chi connectivity index (χ1) is 31.6. The van der Waals surface area contributed by atoms with Crippen LogP contribution in [0, 0.1) is 23.7 Å². The standard InChI is InChI=1S/C57H43N7/c1-5-13-37(14-6-1)51-59-52(38-15-7-2-8-16-38)62-55(61-51)42-22-24-48-47(32-42)46-23-21-41(33-49(46)57(48)44-28-35-27-36(30-44)31-45(57)29-35)50-34-43(25-26-58-50)56-63-53(39-17-9-3-10-18-39)60-54(64-56)40-19-11-4-12-20-40/h1-26,32-36,44-45H,27-31H2. The average Bonchev–Trinajstić information content (AvgIpc) is 3.65. The highest BCUT2D eigenvalue weighted by Crippen LogP contribution is 2.69. The minimum atomic E-state index is -0.0445. The maximum atomic E-state index is 5.15. The van der Waals surface area contributed by atoms with Gasteiger partial charge in [0.05, 0.1) is 5.69 Å². The normalized spacial score (nSPS) is 21.2. The largest absolute Gasteiger partial charge is 0.256 e. The minimum absolute atomic E-state index is 0.0445. The second-order valence-electron chi connectivity index (χ2n) is 18.2. The van der Waals surface area contributed by atoms with Gasteiger partial charge in [-0.3, -0.25) is 4.98 Å². The quantitative estimate of drug-likeness (QED) is 0.158. The van der Waals surface area contributed by atoms with Crippen LogP contribution in [0.5, 0.6) is 0 Å². The third kappa shape index (κ3) is 6.05. The first kappa shape index (κ1) is 37.1. The summed E-state index contributed by atoms with van der Waals surface area (Å²) < 4.78 is 0. The molecule has 3 heterocycles. The molecule has 4 fully saturated rings. The maximum Gasteiger partial charge on any atom is 0.164 e. The number of pyridine rings is 1. The molecule has 6 aromatic carbocycles. The summed E-state index contributed by atoms with van der Waals surface area (Å²) in [6.07, 6.45) is 8.49. The number of hydrogen-bond donors (Lipinski definition) is 0. The molecule has 7 nitrogen and oxygen atoms in total. The van der Waals surface area contributed by atoms with Gasteiger partial charge in [-0.05, 0) is 102 Å². The van der Waals surface area contributed by atoms with Gasteiger partial charge in [-0.1, -0.05) is 146 Å². The summed E-state index contributed by atoms with van der Waals surface area (Å²) >= 11 is 0. The number of fused-ring (bicyclic) bond motifs is 3. The lowest BCUT2D eigenvalue weighted by Gasteiger charge is -2.61. The summed E-state index contributed by atoms with van der Waals surface area (Å²) in [5.74, 6) is 6.82. The van der Waals surface area contributed by atoms with Crippen LogP contribution >= 0.6 is 0 Å². The first-order valence-electron chi connectivity index (χ1n) is 22.6. The van der Waals surface area contributed by atoms with Gasteiger partial charge in [0.25, 0.3) is 0 Å². The summed E-state index contributed by atoms with van der Waals surface area (Å²) in [5.41, 5.74) is 13.3. The van der Waals surface area contributed by atoms with Crippen molar-refractivity contribution in [3.63, 3.8) is 0 Å². The molecular weight excluding hydrogens is 783 g/mol. The fourth-order valence-corrected chi connectivity index (χ4v) is 12.1. The van der Waals surface area contributed by atoms with Gasteiger partial charge in [0.15, 0.2) is 34.9 Å². The van der Waals surface area contributed by atoms with E-state index >= 15 is 0 Å². The van der Waals surface area contributed by atoms with Gasteiger partial charge in [0, 0.05) is 50.6 Å². The average molecular weight is 826 g/mol. The molecule has 9 aromatic rings. The Bertz CT molecular complexity index is 3080. The van der Waals surface area contributed by atoms with Crippen LogP contribution in [-0.2, 0) is 5.41 Å². The fourth-order valence-electron chi connectivity index (χ4n) is 12.1. The molecule has 0 radical (unpaired) electrons. The monoisotopic (exact) mass is 825 g/mol. The second kappa shape index (κ2) is 14.8. The molecule has 0 saturated heterocycles. The molecule has 4 saturated carbocycles. The highest BCUT2D eigenvalue weighted by Gasteiger charge is 2.61. The van der Waals surface area contributed by atoms with E-state index in [4.69, 9.17) is 34.9 Å². The molecule has 306 valence electrons. The molecule has 7 heteroatoms. The van der Waals surface area contributed by atoms with Crippen LogP contribution in [0.4, 0.5) is 0 Å². The Kier molecular flexibility index (Phi) is 8.58. The summed E-state index contributed by atoms with van der Waals surface area (Å²) in [6.45, 7) is 0. The van der Waals surface area contributed by atoms with E-state index in [9.17, 15) is 0 Å². The number of nitrogens with zero attached hydrogens (tertiary/aromatic N) is 7. The van der Waals surface area contributed by atoms with Crippen LogP contribution in [0.3, 0.4) is 0 Å². The van der Waals surface area contributed by atoms with E-state index in [1.54, 1.807) is 0 Å². The lowest BCUT2D eigenvalue weighted by atomic mass is 9.43. The van der Waals surface area contributed by atoms with Gasteiger partial charge < -0.3 is 0 Å². The van der Waals surface area contributed by atoms with Crippen molar-refractivity contribution in [1.29, 1.82) is 0 Å². The zero-order valence-corrected chi connectivity index (χ0v) is 35.2. The highest BCUT2D eigenvalue weighted by atomic mass is 15.0. The lowest BCUT2D eigenvalue weighted by molar-refractivity contribution is -0.0399. The highest BCUT2D eigenvalue weighted by molar-refractivity contribution is 5.87. The number of rotatable bonds is 7. The summed E-state index contributed by atoms with van der Waals surface area (Å²) in [7, 11) is 0. The molecule has 0 aliphatic heterocycles. The van der Waals surface area contributed by atoms with Crippen molar-refractivity contribution in [1.82, 2.24) is 34.9 Å². The van der Waals surface area contributed by atoms with E-state index in [1.165, 1.54) is 54.4 Å². The molecule has 14 rings (SSSR count). The van der Waals surface area contributed by atoms with Crippen LogP contribution in [0.15, 0.2) is 176 Å². The molecule has 0 unspecified atom stereocenters. The number of hydrogen-bond acceptors (Lipinski definition) is 7. The molecule has 5 aliphatic carbocycles. The Labute approximate surface area is 372 Å². The molecule has 4 bridgehead atoms.